The zero-order valence-corrected chi connectivity index (χ0v) is 12.6. The van der Waals surface area contributed by atoms with E-state index in [1.165, 1.54) is 0 Å². The summed E-state index contributed by atoms with van der Waals surface area (Å²) >= 11 is 0. The van der Waals surface area contributed by atoms with Crippen LogP contribution in [0.2, 0.25) is 0 Å². The molecule has 0 amide bonds. The van der Waals surface area contributed by atoms with E-state index in [0.29, 0.717) is 50.0 Å². The first-order valence-corrected chi connectivity index (χ1v) is 6.95. The maximum atomic E-state index is 11.8. The van der Waals surface area contributed by atoms with E-state index in [0.717, 1.165) is 6.42 Å². The Morgan fingerprint density at radius 2 is 2.00 bits per heavy atom. The van der Waals surface area contributed by atoms with Crippen molar-refractivity contribution in [2.75, 3.05) is 45.9 Å². The zero-order chi connectivity index (χ0) is 15.5. The standard InChI is InChI=1S/C15H23NO5/c1-3-20-15(17)13-11-12(16)5-6-14(13)21-10-9-19-8-4-7-18-2/h5-6,11H,3-4,7-10,16H2,1-2H3. The van der Waals surface area contributed by atoms with Gasteiger partial charge in [0.15, 0.2) is 0 Å². The molecule has 1 rings (SSSR count). The minimum absolute atomic E-state index is 0.301. The summed E-state index contributed by atoms with van der Waals surface area (Å²) in [5, 5.41) is 0. The molecule has 0 bridgehead atoms. The average molecular weight is 297 g/mol. The third-order valence-corrected chi connectivity index (χ3v) is 2.62. The van der Waals surface area contributed by atoms with Crippen LogP contribution in [-0.4, -0.2) is 46.1 Å². The number of nitrogens with two attached hydrogens (primary N) is 1. The van der Waals surface area contributed by atoms with Crippen LogP contribution in [0.5, 0.6) is 5.75 Å². The smallest absolute Gasteiger partial charge is 0.341 e. The number of benzene rings is 1. The molecule has 0 aliphatic rings. The lowest BCUT2D eigenvalue weighted by Crippen LogP contribution is -2.12. The summed E-state index contributed by atoms with van der Waals surface area (Å²) in [5.41, 5.74) is 6.50. The summed E-state index contributed by atoms with van der Waals surface area (Å²) in [6.45, 7) is 4.13. The largest absolute Gasteiger partial charge is 0.490 e. The number of esters is 1. The number of anilines is 1. The quantitative estimate of drug-likeness (QED) is 0.403. The summed E-state index contributed by atoms with van der Waals surface area (Å²) in [6, 6.07) is 4.89. The van der Waals surface area contributed by atoms with Crippen molar-refractivity contribution in [2.45, 2.75) is 13.3 Å². The second-order valence-electron chi connectivity index (χ2n) is 4.28. The average Bonchev–Trinajstić information content (AvgIpc) is 2.47. The Morgan fingerprint density at radius 3 is 2.71 bits per heavy atom. The molecule has 1 aromatic rings. The number of rotatable bonds is 10. The maximum Gasteiger partial charge on any atom is 0.341 e. The SMILES string of the molecule is CCOC(=O)c1cc(N)ccc1OCCOCCCOC. The molecule has 0 saturated heterocycles. The Morgan fingerprint density at radius 1 is 1.19 bits per heavy atom. The number of hydrogen-bond acceptors (Lipinski definition) is 6. The van der Waals surface area contributed by atoms with Crippen molar-refractivity contribution < 1.29 is 23.7 Å². The fourth-order valence-corrected chi connectivity index (χ4v) is 1.66. The van der Waals surface area contributed by atoms with Crippen molar-refractivity contribution in [2.24, 2.45) is 0 Å². The number of carbonyl (C=O) groups is 1. The van der Waals surface area contributed by atoms with Gasteiger partial charge in [0, 0.05) is 26.0 Å². The molecule has 2 N–H and O–H groups in total. The van der Waals surface area contributed by atoms with Crippen LogP contribution in [0.25, 0.3) is 0 Å². The highest BCUT2D eigenvalue weighted by Crippen LogP contribution is 2.22. The lowest BCUT2D eigenvalue weighted by atomic mass is 10.2. The van der Waals surface area contributed by atoms with Gasteiger partial charge in [-0.3, -0.25) is 0 Å². The van der Waals surface area contributed by atoms with Crippen LogP contribution < -0.4 is 10.5 Å². The molecule has 6 nitrogen and oxygen atoms in total. The molecular weight excluding hydrogens is 274 g/mol. The van der Waals surface area contributed by atoms with Crippen LogP contribution in [0.15, 0.2) is 18.2 Å². The summed E-state index contributed by atoms with van der Waals surface area (Å²) in [5.74, 6) is 0.00366. The van der Waals surface area contributed by atoms with Crippen LogP contribution in [0.3, 0.4) is 0 Å². The van der Waals surface area contributed by atoms with E-state index in [9.17, 15) is 4.79 Å². The normalized spacial score (nSPS) is 10.4. The van der Waals surface area contributed by atoms with E-state index >= 15 is 0 Å². The van der Waals surface area contributed by atoms with Gasteiger partial charge < -0.3 is 24.7 Å². The number of carbonyl (C=O) groups excluding carboxylic acids is 1. The molecular formula is C15H23NO5. The van der Waals surface area contributed by atoms with Crippen molar-refractivity contribution in [1.29, 1.82) is 0 Å². The van der Waals surface area contributed by atoms with E-state index in [2.05, 4.69) is 0 Å². The molecule has 0 aliphatic carbocycles. The van der Waals surface area contributed by atoms with E-state index in [1.807, 2.05) is 0 Å². The summed E-state index contributed by atoms with van der Waals surface area (Å²) in [4.78, 5) is 11.8. The predicted octanol–water partition coefficient (Wildman–Crippen LogP) is 1.88. The lowest BCUT2D eigenvalue weighted by Gasteiger charge is -2.11. The molecule has 0 unspecified atom stereocenters. The maximum absolute atomic E-state index is 11.8. The van der Waals surface area contributed by atoms with Gasteiger partial charge in [-0.25, -0.2) is 4.79 Å². The van der Waals surface area contributed by atoms with Gasteiger partial charge in [-0.15, -0.1) is 0 Å². The van der Waals surface area contributed by atoms with E-state index in [4.69, 9.17) is 24.7 Å². The fraction of sp³-hybridized carbons (Fsp3) is 0.533. The minimum atomic E-state index is -0.444. The van der Waals surface area contributed by atoms with Gasteiger partial charge in [0.2, 0.25) is 0 Å². The number of nitrogen functional groups attached to an aromatic ring is 1. The molecule has 0 spiro atoms. The fourth-order valence-electron chi connectivity index (χ4n) is 1.66. The van der Waals surface area contributed by atoms with Crippen molar-refractivity contribution in [3.8, 4) is 5.75 Å². The summed E-state index contributed by atoms with van der Waals surface area (Å²) in [7, 11) is 1.65. The lowest BCUT2D eigenvalue weighted by molar-refractivity contribution is 0.0515. The van der Waals surface area contributed by atoms with E-state index < -0.39 is 5.97 Å². The monoisotopic (exact) mass is 297 g/mol. The predicted molar refractivity (Wildman–Crippen MR) is 79.6 cm³/mol. The van der Waals surface area contributed by atoms with Crippen LogP contribution in [0, 0.1) is 0 Å². The molecule has 0 heterocycles. The highest BCUT2D eigenvalue weighted by atomic mass is 16.5. The van der Waals surface area contributed by atoms with Gasteiger partial charge >= 0.3 is 5.97 Å². The van der Waals surface area contributed by atoms with Crippen molar-refractivity contribution in [3.05, 3.63) is 23.8 Å². The second-order valence-corrected chi connectivity index (χ2v) is 4.28. The molecule has 1 aromatic carbocycles. The number of methoxy groups -OCH3 is 1. The zero-order valence-electron chi connectivity index (χ0n) is 12.6. The molecule has 118 valence electrons. The Kier molecular flexibility index (Phi) is 8.23. The molecule has 0 saturated carbocycles. The first-order chi connectivity index (χ1) is 10.2. The van der Waals surface area contributed by atoms with Gasteiger partial charge in [0.05, 0.1) is 13.2 Å². The Hall–Kier alpha value is -1.79. The molecule has 21 heavy (non-hydrogen) atoms. The van der Waals surface area contributed by atoms with Crippen molar-refractivity contribution in [3.63, 3.8) is 0 Å². The van der Waals surface area contributed by atoms with Crippen LogP contribution >= 0.6 is 0 Å². The molecule has 0 radical (unpaired) electrons. The van der Waals surface area contributed by atoms with E-state index in [-0.39, 0.29) is 0 Å². The van der Waals surface area contributed by atoms with Gasteiger partial charge in [-0.2, -0.15) is 0 Å². The summed E-state index contributed by atoms with van der Waals surface area (Å²) in [6.07, 6.45) is 0.840. The van der Waals surface area contributed by atoms with Crippen molar-refractivity contribution >= 4 is 11.7 Å². The number of hydrogen-bond donors (Lipinski definition) is 1. The first-order valence-electron chi connectivity index (χ1n) is 6.95. The van der Waals surface area contributed by atoms with Gasteiger partial charge in [0.1, 0.15) is 17.9 Å². The van der Waals surface area contributed by atoms with E-state index in [1.54, 1.807) is 32.2 Å². The Labute approximate surface area is 125 Å². The Balaban J connectivity index is 2.45. The molecule has 0 fully saturated rings. The van der Waals surface area contributed by atoms with Gasteiger partial charge in [0.25, 0.3) is 0 Å². The Bertz CT molecular complexity index is 436. The summed E-state index contributed by atoms with van der Waals surface area (Å²) < 4.78 is 20.8. The highest BCUT2D eigenvalue weighted by Gasteiger charge is 2.14. The third kappa shape index (κ3) is 6.46. The van der Waals surface area contributed by atoms with Gasteiger partial charge in [-0.05, 0) is 31.5 Å². The third-order valence-electron chi connectivity index (χ3n) is 2.62. The van der Waals surface area contributed by atoms with Crippen molar-refractivity contribution in [1.82, 2.24) is 0 Å². The van der Waals surface area contributed by atoms with Crippen LogP contribution in [-0.2, 0) is 14.2 Å². The van der Waals surface area contributed by atoms with Crippen LogP contribution in [0.4, 0.5) is 5.69 Å². The molecule has 0 atom stereocenters. The molecule has 6 heteroatoms. The number of ether oxygens (including phenoxy) is 4. The molecule has 0 aromatic heterocycles. The van der Waals surface area contributed by atoms with Crippen LogP contribution in [0.1, 0.15) is 23.7 Å². The minimum Gasteiger partial charge on any atom is -0.490 e. The second kappa shape index (κ2) is 10.0. The topological polar surface area (TPSA) is 80.0 Å². The van der Waals surface area contributed by atoms with Gasteiger partial charge in [-0.1, -0.05) is 0 Å². The molecule has 0 aliphatic heterocycles. The highest BCUT2D eigenvalue weighted by molar-refractivity contribution is 5.93. The first kappa shape index (κ1) is 17.3.